The van der Waals surface area contributed by atoms with E-state index in [0.29, 0.717) is 18.5 Å². The van der Waals surface area contributed by atoms with Crippen LogP contribution in [0.25, 0.3) is 10.9 Å². The number of aliphatic carboxylic acids is 1. The number of alkyl carbamates (subject to hydrolysis) is 1. The van der Waals surface area contributed by atoms with Gasteiger partial charge in [0.05, 0.1) is 35.3 Å². The van der Waals surface area contributed by atoms with Crippen LogP contribution in [0.5, 0.6) is 0 Å². The summed E-state index contributed by atoms with van der Waals surface area (Å²) < 4.78 is 22.4. The largest absolute Gasteiger partial charge is 0.477 e. The Bertz CT molecular complexity index is 1660. The number of carbonyl (C=O) groups excluding carboxylic acids is 2. The molecule has 4 aliphatic rings. The standard InChI is InChI=1S/C29H31FN4O9/c1-12-18(24(28(40)41)34-23(12)22(13(2)35)26(34)37)11-43-29(42)31-14-5-6-32(9-14)21-8-20-16(7-19(21)30)25(36)17(27(38)39)10-33(20)15-3-4-15/h7-8,10,12-15,22-23,35H,3-6,9,11H2,1-2H3,(H,31,42)(H,38,39)(H,40,41)/t12?,13-,14?,22+,23-/m0/s1. The molecule has 6 rings (SSSR count). The number of carboxylic acid groups (broad SMARTS) is 2. The second-order valence-corrected chi connectivity index (χ2v) is 11.7. The number of ether oxygens (including phenoxy) is 1. The lowest BCUT2D eigenvalue weighted by molar-refractivity contribution is -0.163. The van der Waals surface area contributed by atoms with E-state index in [0.717, 1.165) is 23.8 Å². The molecule has 2 amide bonds. The molecule has 0 radical (unpaired) electrons. The Labute approximate surface area is 244 Å². The average Bonchev–Trinajstić information content (AvgIpc) is 3.62. The summed E-state index contributed by atoms with van der Waals surface area (Å²) in [6, 6.07) is 1.71. The number of carbonyl (C=O) groups is 4. The minimum Gasteiger partial charge on any atom is -0.477 e. The van der Waals surface area contributed by atoms with Crippen LogP contribution in [-0.2, 0) is 14.3 Å². The fourth-order valence-corrected chi connectivity index (χ4v) is 6.69. The minimum atomic E-state index is -1.37. The summed E-state index contributed by atoms with van der Waals surface area (Å²) in [7, 11) is 0. The normalized spacial score (nSPS) is 25.5. The number of β-lactam (4-membered cyclic amide) rings is 1. The van der Waals surface area contributed by atoms with Crippen LogP contribution in [0.15, 0.2) is 34.4 Å². The molecule has 1 saturated carbocycles. The van der Waals surface area contributed by atoms with Crippen LogP contribution in [0.1, 0.15) is 49.5 Å². The predicted octanol–water partition coefficient (Wildman–Crippen LogP) is 1.67. The van der Waals surface area contributed by atoms with Crippen LogP contribution in [0.3, 0.4) is 0 Å². The fraction of sp³-hybridized carbons (Fsp3) is 0.483. The van der Waals surface area contributed by atoms with E-state index < -0.39 is 70.8 Å². The number of hydrogen-bond donors (Lipinski definition) is 4. The van der Waals surface area contributed by atoms with E-state index >= 15 is 4.39 Å². The zero-order valence-electron chi connectivity index (χ0n) is 23.4. The van der Waals surface area contributed by atoms with Gasteiger partial charge in [-0.2, -0.15) is 0 Å². The van der Waals surface area contributed by atoms with Crippen LogP contribution < -0.4 is 15.6 Å². The van der Waals surface area contributed by atoms with Crippen molar-refractivity contribution in [1.82, 2.24) is 14.8 Å². The Morgan fingerprint density at radius 2 is 1.86 bits per heavy atom. The summed E-state index contributed by atoms with van der Waals surface area (Å²) in [5.74, 6) is -5.02. The SMILES string of the molecule is CC1C(COC(=O)NC2CCN(c3cc4c(cc3F)c(=O)c(C(=O)O)cn4C3CC3)C2)=C(C(=O)O)N2C(=O)[C@H]([C@H](C)O)[C@H]12. The van der Waals surface area contributed by atoms with E-state index in [1.165, 1.54) is 13.1 Å². The molecule has 2 aromatic rings. The molecule has 14 heteroatoms. The Hall–Kier alpha value is -4.46. The van der Waals surface area contributed by atoms with Gasteiger partial charge < -0.3 is 39.7 Å². The number of aromatic carboxylic acids is 1. The van der Waals surface area contributed by atoms with Crippen molar-refractivity contribution in [2.45, 2.75) is 57.3 Å². The van der Waals surface area contributed by atoms with Gasteiger partial charge in [0.15, 0.2) is 0 Å². The quantitative estimate of drug-likeness (QED) is 0.327. The van der Waals surface area contributed by atoms with Crippen molar-refractivity contribution < 1.29 is 43.6 Å². The van der Waals surface area contributed by atoms with Crippen molar-refractivity contribution in [2.75, 3.05) is 24.6 Å². The summed E-state index contributed by atoms with van der Waals surface area (Å²) in [4.78, 5) is 64.4. The second-order valence-electron chi connectivity index (χ2n) is 11.7. The number of fused-ring (bicyclic) bond motifs is 2. The number of aliphatic hydroxyl groups excluding tert-OH is 1. The molecule has 1 aliphatic carbocycles. The van der Waals surface area contributed by atoms with E-state index in [4.69, 9.17) is 4.74 Å². The number of anilines is 1. The van der Waals surface area contributed by atoms with Gasteiger partial charge in [0.25, 0.3) is 0 Å². The van der Waals surface area contributed by atoms with Gasteiger partial charge >= 0.3 is 18.0 Å². The molecule has 4 heterocycles. The Balaban J connectivity index is 1.14. The van der Waals surface area contributed by atoms with Gasteiger partial charge in [-0.3, -0.25) is 9.59 Å². The van der Waals surface area contributed by atoms with Crippen molar-refractivity contribution in [3.8, 4) is 0 Å². The summed E-state index contributed by atoms with van der Waals surface area (Å²) in [6.07, 6.45) is 1.67. The van der Waals surface area contributed by atoms with Crippen LogP contribution in [0, 0.1) is 17.7 Å². The number of benzene rings is 1. The number of carboxylic acids is 2. The highest BCUT2D eigenvalue weighted by Gasteiger charge is 2.59. The van der Waals surface area contributed by atoms with Crippen molar-refractivity contribution >= 4 is 40.5 Å². The molecule has 228 valence electrons. The first kappa shape index (κ1) is 28.6. The first-order chi connectivity index (χ1) is 20.4. The Morgan fingerprint density at radius 3 is 2.49 bits per heavy atom. The number of amides is 2. The van der Waals surface area contributed by atoms with E-state index in [2.05, 4.69) is 5.32 Å². The molecule has 13 nitrogen and oxygen atoms in total. The van der Waals surface area contributed by atoms with Gasteiger partial charge in [-0.15, -0.1) is 0 Å². The topological polar surface area (TPSA) is 179 Å². The highest BCUT2D eigenvalue weighted by molar-refractivity contribution is 6.00. The van der Waals surface area contributed by atoms with E-state index in [-0.39, 0.29) is 41.5 Å². The molecule has 2 saturated heterocycles. The third-order valence-corrected chi connectivity index (χ3v) is 9.00. The van der Waals surface area contributed by atoms with Crippen molar-refractivity contribution in [3.63, 3.8) is 0 Å². The number of nitrogens with one attached hydrogen (secondary N) is 1. The van der Waals surface area contributed by atoms with E-state index in [9.17, 15) is 39.3 Å². The Kier molecular flexibility index (Phi) is 6.91. The van der Waals surface area contributed by atoms with Crippen molar-refractivity contribution in [1.29, 1.82) is 0 Å². The molecule has 0 bridgehead atoms. The zero-order chi connectivity index (χ0) is 30.9. The molecule has 5 atom stereocenters. The molecular formula is C29H31FN4O9. The smallest absolute Gasteiger partial charge is 0.407 e. The molecule has 3 aliphatic heterocycles. The van der Waals surface area contributed by atoms with Gasteiger partial charge in [-0.1, -0.05) is 6.92 Å². The van der Waals surface area contributed by atoms with Gasteiger partial charge in [-0.05, 0) is 38.3 Å². The van der Waals surface area contributed by atoms with E-state index in [1.807, 2.05) is 0 Å². The zero-order valence-corrected chi connectivity index (χ0v) is 23.4. The first-order valence-corrected chi connectivity index (χ1v) is 14.2. The third-order valence-electron chi connectivity index (χ3n) is 9.00. The van der Waals surface area contributed by atoms with Gasteiger partial charge in [0.2, 0.25) is 11.3 Å². The van der Waals surface area contributed by atoms with Crippen molar-refractivity contribution in [3.05, 3.63) is 51.2 Å². The minimum absolute atomic E-state index is 0.00657. The summed E-state index contributed by atoms with van der Waals surface area (Å²) in [5, 5.41) is 31.9. The average molecular weight is 599 g/mol. The number of aliphatic hydroxyl groups is 1. The number of halogens is 1. The lowest BCUT2D eigenvalue weighted by Gasteiger charge is -2.46. The number of pyridine rings is 1. The van der Waals surface area contributed by atoms with Crippen LogP contribution in [0.4, 0.5) is 14.9 Å². The summed E-state index contributed by atoms with van der Waals surface area (Å²) in [6.45, 7) is 3.47. The first-order valence-electron chi connectivity index (χ1n) is 14.2. The molecule has 0 spiro atoms. The fourth-order valence-electron chi connectivity index (χ4n) is 6.69. The maximum absolute atomic E-state index is 15.3. The van der Waals surface area contributed by atoms with Crippen molar-refractivity contribution in [2.24, 2.45) is 11.8 Å². The van der Waals surface area contributed by atoms with Crippen LogP contribution in [0.2, 0.25) is 0 Å². The van der Waals surface area contributed by atoms with E-state index in [1.54, 1.807) is 22.5 Å². The second kappa shape index (κ2) is 10.4. The number of hydrogen-bond acceptors (Lipinski definition) is 8. The maximum Gasteiger partial charge on any atom is 0.407 e. The molecule has 43 heavy (non-hydrogen) atoms. The monoisotopic (exact) mass is 598 g/mol. The predicted molar refractivity (Wildman–Crippen MR) is 148 cm³/mol. The molecule has 3 fully saturated rings. The molecule has 1 aromatic carbocycles. The molecule has 1 aromatic heterocycles. The highest BCUT2D eigenvalue weighted by atomic mass is 19.1. The lowest BCUT2D eigenvalue weighted by atomic mass is 9.78. The van der Waals surface area contributed by atoms with Gasteiger partial charge in [0, 0.05) is 42.2 Å². The maximum atomic E-state index is 15.3. The molecule has 4 N–H and O–H groups in total. The molecular weight excluding hydrogens is 567 g/mol. The van der Waals surface area contributed by atoms with Gasteiger partial charge in [-0.25, -0.2) is 18.8 Å². The third kappa shape index (κ3) is 4.69. The highest BCUT2D eigenvalue weighted by Crippen LogP contribution is 2.47. The van der Waals surface area contributed by atoms with Gasteiger partial charge in [0.1, 0.15) is 23.7 Å². The lowest BCUT2D eigenvalue weighted by Crippen LogP contribution is -2.63. The van der Waals surface area contributed by atoms with Crippen LogP contribution in [-0.4, -0.2) is 86.6 Å². The molecule has 2 unspecified atom stereocenters. The number of rotatable bonds is 8. The summed E-state index contributed by atoms with van der Waals surface area (Å²) >= 11 is 0. The number of nitrogens with zero attached hydrogens (tertiary/aromatic N) is 3. The summed E-state index contributed by atoms with van der Waals surface area (Å²) in [5.41, 5.74) is -0.442. The van der Waals surface area contributed by atoms with Crippen LogP contribution >= 0.6 is 0 Å². The Morgan fingerprint density at radius 1 is 1.14 bits per heavy atom. The number of aromatic nitrogens is 1.